The molecule has 1 atom stereocenters. The van der Waals surface area contributed by atoms with Gasteiger partial charge in [0, 0.05) is 5.69 Å². The van der Waals surface area contributed by atoms with Gasteiger partial charge in [0.2, 0.25) is 0 Å². The first-order chi connectivity index (χ1) is 10.4. The van der Waals surface area contributed by atoms with Crippen molar-refractivity contribution in [2.24, 2.45) is 0 Å². The highest BCUT2D eigenvalue weighted by molar-refractivity contribution is 5.94. The van der Waals surface area contributed by atoms with E-state index in [0.717, 1.165) is 28.1 Å². The zero-order chi connectivity index (χ0) is 16.3. The van der Waals surface area contributed by atoms with Crippen LogP contribution in [0.1, 0.15) is 29.2 Å². The predicted molar refractivity (Wildman–Crippen MR) is 90.6 cm³/mol. The minimum absolute atomic E-state index is 0.149. The number of nitrogens with one attached hydrogen (secondary N) is 1. The lowest BCUT2D eigenvalue weighted by Crippen LogP contribution is -2.30. The monoisotopic (exact) mass is 297 g/mol. The van der Waals surface area contributed by atoms with E-state index in [1.807, 2.05) is 58.0 Å². The van der Waals surface area contributed by atoms with Crippen molar-refractivity contribution in [3.8, 4) is 5.75 Å². The van der Waals surface area contributed by atoms with Gasteiger partial charge in [0.25, 0.3) is 5.91 Å². The molecular weight excluding hydrogens is 274 g/mol. The van der Waals surface area contributed by atoms with Crippen molar-refractivity contribution in [1.29, 1.82) is 0 Å². The van der Waals surface area contributed by atoms with E-state index in [2.05, 4.69) is 11.4 Å². The Kier molecular flexibility index (Phi) is 4.86. The highest BCUT2D eigenvalue weighted by Crippen LogP contribution is 2.24. The maximum Gasteiger partial charge on any atom is 0.265 e. The van der Waals surface area contributed by atoms with E-state index in [1.54, 1.807) is 6.92 Å². The van der Waals surface area contributed by atoms with Crippen LogP contribution < -0.4 is 10.1 Å². The first-order valence-corrected chi connectivity index (χ1v) is 7.49. The topological polar surface area (TPSA) is 38.3 Å². The van der Waals surface area contributed by atoms with Gasteiger partial charge < -0.3 is 10.1 Å². The molecule has 3 heteroatoms. The van der Waals surface area contributed by atoms with Crippen molar-refractivity contribution in [1.82, 2.24) is 0 Å². The molecule has 0 saturated heterocycles. The lowest BCUT2D eigenvalue weighted by Gasteiger charge is -2.18. The summed E-state index contributed by atoms with van der Waals surface area (Å²) in [6.45, 7) is 9.84. The molecule has 2 aromatic rings. The Morgan fingerprint density at radius 1 is 1.05 bits per heavy atom. The van der Waals surface area contributed by atoms with Crippen LogP contribution in [0.4, 0.5) is 5.69 Å². The number of benzene rings is 2. The van der Waals surface area contributed by atoms with E-state index in [4.69, 9.17) is 4.74 Å². The summed E-state index contributed by atoms with van der Waals surface area (Å²) in [5.74, 6) is 0.619. The molecule has 3 nitrogen and oxygen atoms in total. The third-order valence-corrected chi connectivity index (χ3v) is 3.72. The minimum atomic E-state index is -0.555. The van der Waals surface area contributed by atoms with Gasteiger partial charge in [-0.3, -0.25) is 4.79 Å². The van der Waals surface area contributed by atoms with E-state index in [1.165, 1.54) is 5.56 Å². The number of rotatable bonds is 4. The fourth-order valence-corrected chi connectivity index (χ4v) is 2.33. The summed E-state index contributed by atoms with van der Waals surface area (Å²) in [7, 11) is 0. The number of hydrogen-bond acceptors (Lipinski definition) is 2. The zero-order valence-corrected chi connectivity index (χ0v) is 13.9. The largest absolute Gasteiger partial charge is 0.481 e. The molecule has 0 radical (unpaired) electrons. The Morgan fingerprint density at radius 2 is 1.77 bits per heavy atom. The summed E-state index contributed by atoms with van der Waals surface area (Å²) in [5, 5.41) is 2.89. The van der Waals surface area contributed by atoms with Crippen LogP contribution >= 0.6 is 0 Å². The van der Waals surface area contributed by atoms with Crippen molar-refractivity contribution < 1.29 is 9.53 Å². The molecule has 0 saturated carbocycles. The molecular formula is C19H23NO2. The number of amides is 1. The number of aryl methyl sites for hydroxylation is 3. The molecule has 2 aromatic carbocycles. The predicted octanol–water partition coefficient (Wildman–Crippen LogP) is 4.33. The van der Waals surface area contributed by atoms with Gasteiger partial charge in [0.05, 0.1) is 0 Å². The quantitative estimate of drug-likeness (QED) is 0.912. The van der Waals surface area contributed by atoms with Gasteiger partial charge in [0.1, 0.15) is 5.75 Å². The fourth-order valence-electron chi connectivity index (χ4n) is 2.33. The molecule has 0 heterocycles. The summed E-state index contributed by atoms with van der Waals surface area (Å²) in [4.78, 5) is 12.3. The fraction of sp³-hybridized carbons (Fsp3) is 0.316. The number of carbonyl (C=O) groups excluding carboxylic acids is 1. The Hall–Kier alpha value is -2.29. The molecule has 0 fully saturated rings. The SMILES string of the molecule is Cc1cccc(NC(=O)[C@H](C)Oc2cc(C)cc(C)c2C)c1. The lowest BCUT2D eigenvalue weighted by atomic mass is 10.1. The second-order valence-corrected chi connectivity index (χ2v) is 5.82. The average Bonchev–Trinajstić information content (AvgIpc) is 2.44. The Morgan fingerprint density at radius 3 is 2.45 bits per heavy atom. The molecule has 0 aliphatic rings. The molecule has 1 N–H and O–H groups in total. The maximum absolute atomic E-state index is 12.3. The standard InChI is InChI=1S/C19H23NO2/c1-12-7-6-8-17(10-12)20-19(21)16(5)22-18-11-13(2)9-14(3)15(18)4/h6-11,16H,1-5H3,(H,20,21)/t16-/m0/s1. The van der Waals surface area contributed by atoms with Crippen LogP contribution in [0, 0.1) is 27.7 Å². The second-order valence-electron chi connectivity index (χ2n) is 5.82. The van der Waals surface area contributed by atoms with Gasteiger partial charge in [0.15, 0.2) is 6.10 Å². The van der Waals surface area contributed by atoms with Crippen LogP contribution in [0.15, 0.2) is 36.4 Å². The van der Waals surface area contributed by atoms with Gasteiger partial charge in [-0.25, -0.2) is 0 Å². The van der Waals surface area contributed by atoms with Gasteiger partial charge in [-0.1, -0.05) is 18.2 Å². The number of carbonyl (C=O) groups is 1. The maximum atomic E-state index is 12.3. The van der Waals surface area contributed by atoms with Crippen molar-refractivity contribution in [2.75, 3.05) is 5.32 Å². The van der Waals surface area contributed by atoms with Gasteiger partial charge in [-0.05, 0) is 75.1 Å². The van der Waals surface area contributed by atoms with Crippen LogP contribution in [0.5, 0.6) is 5.75 Å². The first-order valence-electron chi connectivity index (χ1n) is 7.49. The summed E-state index contributed by atoms with van der Waals surface area (Å²) in [6.07, 6.45) is -0.555. The normalized spacial score (nSPS) is 11.9. The average molecular weight is 297 g/mol. The van der Waals surface area contributed by atoms with Crippen LogP contribution in [-0.2, 0) is 4.79 Å². The van der Waals surface area contributed by atoms with E-state index >= 15 is 0 Å². The van der Waals surface area contributed by atoms with Crippen molar-refractivity contribution in [3.63, 3.8) is 0 Å². The Bertz CT molecular complexity index is 692. The minimum Gasteiger partial charge on any atom is -0.481 e. The van der Waals surface area contributed by atoms with Crippen LogP contribution in [0.25, 0.3) is 0 Å². The molecule has 0 aliphatic heterocycles. The molecule has 116 valence electrons. The summed E-state index contributed by atoms with van der Waals surface area (Å²) < 4.78 is 5.86. The van der Waals surface area contributed by atoms with Gasteiger partial charge >= 0.3 is 0 Å². The van der Waals surface area contributed by atoms with Crippen LogP contribution in [0.2, 0.25) is 0 Å². The number of anilines is 1. The molecule has 2 rings (SSSR count). The van der Waals surface area contributed by atoms with E-state index in [0.29, 0.717) is 0 Å². The van der Waals surface area contributed by atoms with Crippen molar-refractivity contribution in [2.45, 2.75) is 40.7 Å². The first kappa shape index (κ1) is 16.1. The number of ether oxygens (including phenoxy) is 1. The van der Waals surface area contributed by atoms with Gasteiger partial charge in [-0.15, -0.1) is 0 Å². The molecule has 0 aromatic heterocycles. The molecule has 0 bridgehead atoms. The Labute approximate surface area is 132 Å². The highest BCUT2D eigenvalue weighted by atomic mass is 16.5. The highest BCUT2D eigenvalue weighted by Gasteiger charge is 2.16. The second kappa shape index (κ2) is 6.65. The van der Waals surface area contributed by atoms with Crippen molar-refractivity contribution in [3.05, 3.63) is 58.7 Å². The van der Waals surface area contributed by atoms with E-state index in [-0.39, 0.29) is 5.91 Å². The third-order valence-electron chi connectivity index (χ3n) is 3.72. The molecule has 1 amide bonds. The Balaban J connectivity index is 2.09. The molecule has 0 unspecified atom stereocenters. The van der Waals surface area contributed by atoms with Crippen LogP contribution in [-0.4, -0.2) is 12.0 Å². The third kappa shape index (κ3) is 3.88. The smallest absolute Gasteiger partial charge is 0.265 e. The summed E-state index contributed by atoms with van der Waals surface area (Å²) in [6, 6.07) is 11.8. The lowest BCUT2D eigenvalue weighted by molar-refractivity contribution is -0.122. The van der Waals surface area contributed by atoms with Crippen LogP contribution in [0.3, 0.4) is 0 Å². The summed E-state index contributed by atoms with van der Waals surface area (Å²) >= 11 is 0. The summed E-state index contributed by atoms with van der Waals surface area (Å²) in [5.41, 5.74) is 5.26. The van der Waals surface area contributed by atoms with Crippen molar-refractivity contribution >= 4 is 11.6 Å². The molecule has 22 heavy (non-hydrogen) atoms. The molecule has 0 spiro atoms. The van der Waals surface area contributed by atoms with Gasteiger partial charge in [-0.2, -0.15) is 0 Å². The number of hydrogen-bond donors (Lipinski definition) is 1. The molecule has 0 aliphatic carbocycles. The van der Waals surface area contributed by atoms with E-state index < -0.39 is 6.10 Å². The van der Waals surface area contributed by atoms with E-state index in [9.17, 15) is 4.79 Å². The zero-order valence-electron chi connectivity index (χ0n) is 13.9.